The van der Waals surface area contributed by atoms with Gasteiger partial charge in [0.15, 0.2) is 0 Å². The third kappa shape index (κ3) is 1.29. The monoisotopic (exact) mass is 168 g/mol. The highest BCUT2D eigenvalue weighted by atomic mass is 16.6. The molecule has 0 aromatic carbocycles. The molecule has 0 bridgehead atoms. The molecule has 0 aromatic rings. The first-order valence-corrected chi connectivity index (χ1v) is 4.59. The summed E-state index contributed by atoms with van der Waals surface area (Å²) in [5.74, 6) is 0.562. The highest BCUT2D eigenvalue weighted by Crippen LogP contribution is 2.38. The van der Waals surface area contributed by atoms with Gasteiger partial charge in [0.25, 0.3) is 0 Å². The number of hydrogen-bond donors (Lipinski definition) is 0. The lowest BCUT2D eigenvalue weighted by molar-refractivity contribution is -0.00365. The molecule has 2 heteroatoms. The fourth-order valence-electron chi connectivity index (χ4n) is 2.02. The lowest BCUT2D eigenvalue weighted by Crippen LogP contribution is -2.27. The minimum absolute atomic E-state index is 0.0591. The van der Waals surface area contributed by atoms with E-state index in [0.717, 1.165) is 32.7 Å². The van der Waals surface area contributed by atoms with Gasteiger partial charge in [0, 0.05) is 18.9 Å². The van der Waals surface area contributed by atoms with Crippen LogP contribution in [-0.2, 0) is 9.47 Å². The lowest BCUT2D eigenvalue weighted by Gasteiger charge is -2.19. The van der Waals surface area contributed by atoms with Crippen LogP contribution in [0.1, 0.15) is 19.8 Å². The topological polar surface area (TPSA) is 18.5 Å². The molecule has 2 fully saturated rings. The fraction of sp³-hybridized carbons (Fsp3) is 0.800. The second kappa shape index (κ2) is 2.86. The van der Waals surface area contributed by atoms with E-state index in [2.05, 4.69) is 13.5 Å². The second-order valence-electron chi connectivity index (χ2n) is 4.04. The molecule has 68 valence electrons. The summed E-state index contributed by atoms with van der Waals surface area (Å²) in [6.07, 6.45) is 2.18. The van der Waals surface area contributed by atoms with Crippen molar-refractivity contribution in [3.05, 3.63) is 12.2 Å². The van der Waals surface area contributed by atoms with Crippen LogP contribution in [0.4, 0.5) is 0 Å². The Hall–Kier alpha value is -0.340. The first-order valence-electron chi connectivity index (χ1n) is 4.59. The minimum atomic E-state index is 0.0591. The van der Waals surface area contributed by atoms with Crippen LogP contribution >= 0.6 is 0 Å². The Bertz CT molecular complexity index is 192. The standard InChI is InChI=1S/C10H16O2/c1-8(2)9-5-10(12-6-9)3-4-11-7-10/h9H,1,3-7H2,2H3. The van der Waals surface area contributed by atoms with Crippen LogP contribution in [0, 0.1) is 5.92 Å². The van der Waals surface area contributed by atoms with Gasteiger partial charge in [-0.3, -0.25) is 0 Å². The predicted octanol–water partition coefficient (Wildman–Crippen LogP) is 1.76. The number of ether oxygens (including phenoxy) is 2. The summed E-state index contributed by atoms with van der Waals surface area (Å²) < 4.78 is 11.1. The first kappa shape index (κ1) is 8.27. The van der Waals surface area contributed by atoms with Crippen molar-refractivity contribution >= 4 is 0 Å². The second-order valence-corrected chi connectivity index (χ2v) is 4.04. The van der Waals surface area contributed by atoms with Gasteiger partial charge in [-0.1, -0.05) is 12.2 Å². The lowest BCUT2D eigenvalue weighted by atomic mass is 9.90. The smallest absolute Gasteiger partial charge is 0.0943 e. The summed E-state index contributed by atoms with van der Waals surface area (Å²) in [4.78, 5) is 0. The van der Waals surface area contributed by atoms with E-state index >= 15 is 0 Å². The molecule has 2 rings (SSSR count). The van der Waals surface area contributed by atoms with Crippen LogP contribution in [-0.4, -0.2) is 25.4 Å². The molecule has 2 aliphatic rings. The van der Waals surface area contributed by atoms with E-state index < -0.39 is 0 Å². The fourth-order valence-corrected chi connectivity index (χ4v) is 2.02. The highest BCUT2D eigenvalue weighted by molar-refractivity contribution is 5.04. The Morgan fingerprint density at radius 2 is 2.42 bits per heavy atom. The predicted molar refractivity (Wildman–Crippen MR) is 47.0 cm³/mol. The van der Waals surface area contributed by atoms with Crippen LogP contribution in [0.2, 0.25) is 0 Å². The van der Waals surface area contributed by atoms with E-state index in [1.165, 1.54) is 5.57 Å². The van der Waals surface area contributed by atoms with Crippen molar-refractivity contribution in [1.29, 1.82) is 0 Å². The Morgan fingerprint density at radius 1 is 1.58 bits per heavy atom. The maximum atomic E-state index is 5.79. The van der Waals surface area contributed by atoms with Crippen molar-refractivity contribution in [3.63, 3.8) is 0 Å². The van der Waals surface area contributed by atoms with Crippen molar-refractivity contribution in [2.24, 2.45) is 5.92 Å². The van der Waals surface area contributed by atoms with Gasteiger partial charge in [-0.2, -0.15) is 0 Å². The van der Waals surface area contributed by atoms with Crippen LogP contribution in [0.15, 0.2) is 12.2 Å². The maximum Gasteiger partial charge on any atom is 0.0943 e. The SMILES string of the molecule is C=C(C)C1COC2(CCOC2)C1. The molecule has 2 aliphatic heterocycles. The average Bonchev–Trinajstić information content (AvgIpc) is 2.62. The van der Waals surface area contributed by atoms with Gasteiger partial charge < -0.3 is 9.47 Å². The molecule has 12 heavy (non-hydrogen) atoms. The van der Waals surface area contributed by atoms with E-state index in [4.69, 9.17) is 9.47 Å². The molecule has 2 unspecified atom stereocenters. The molecule has 2 atom stereocenters. The van der Waals surface area contributed by atoms with Gasteiger partial charge in [0.2, 0.25) is 0 Å². The van der Waals surface area contributed by atoms with Crippen LogP contribution in [0.5, 0.6) is 0 Å². The Labute approximate surface area is 73.5 Å². The minimum Gasteiger partial charge on any atom is -0.378 e. The van der Waals surface area contributed by atoms with Crippen molar-refractivity contribution in [3.8, 4) is 0 Å². The number of hydrogen-bond acceptors (Lipinski definition) is 2. The van der Waals surface area contributed by atoms with E-state index in [1.54, 1.807) is 0 Å². The van der Waals surface area contributed by atoms with Crippen LogP contribution in [0.25, 0.3) is 0 Å². The molecule has 0 saturated carbocycles. The Morgan fingerprint density at radius 3 is 2.92 bits per heavy atom. The molecule has 0 aromatic heterocycles. The molecule has 1 spiro atoms. The summed E-state index contributed by atoms with van der Waals surface area (Å²) in [6.45, 7) is 8.56. The van der Waals surface area contributed by atoms with Gasteiger partial charge in [0.05, 0.1) is 18.8 Å². The molecule has 2 heterocycles. The van der Waals surface area contributed by atoms with Crippen molar-refractivity contribution in [1.82, 2.24) is 0 Å². The largest absolute Gasteiger partial charge is 0.378 e. The summed E-state index contributed by atoms with van der Waals surface area (Å²) in [5, 5.41) is 0. The molecular weight excluding hydrogens is 152 g/mol. The normalized spacial score (nSPS) is 40.9. The molecule has 0 amide bonds. The van der Waals surface area contributed by atoms with Crippen molar-refractivity contribution < 1.29 is 9.47 Å². The Balaban J connectivity index is 2.01. The maximum absolute atomic E-state index is 5.79. The average molecular weight is 168 g/mol. The van der Waals surface area contributed by atoms with Crippen molar-refractivity contribution in [2.75, 3.05) is 19.8 Å². The quantitative estimate of drug-likeness (QED) is 0.555. The van der Waals surface area contributed by atoms with Crippen LogP contribution < -0.4 is 0 Å². The van der Waals surface area contributed by atoms with E-state index in [9.17, 15) is 0 Å². The molecule has 2 saturated heterocycles. The van der Waals surface area contributed by atoms with Gasteiger partial charge in [0.1, 0.15) is 0 Å². The van der Waals surface area contributed by atoms with Gasteiger partial charge in [-0.15, -0.1) is 0 Å². The van der Waals surface area contributed by atoms with E-state index in [-0.39, 0.29) is 5.60 Å². The van der Waals surface area contributed by atoms with Crippen LogP contribution in [0.3, 0.4) is 0 Å². The Kier molecular flexibility index (Phi) is 1.97. The summed E-state index contributed by atoms with van der Waals surface area (Å²) in [6, 6.07) is 0. The van der Waals surface area contributed by atoms with Gasteiger partial charge in [-0.05, 0) is 13.3 Å². The third-order valence-electron chi connectivity index (χ3n) is 2.97. The van der Waals surface area contributed by atoms with Gasteiger partial charge >= 0.3 is 0 Å². The summed E-state index contributed by atoms with van der Waals surface area (Å²) >= 11 is 0. The number of rotatable bonds is 1. The molecule has 0 radical (unpaired) electrons. The van der Waals surface area contributed by atoms with E-state index in [1.807, 2.05) is 0 Å². The van der Waals surface area contributed by atoms with E-state index in [0.29, 0.717) is 5.92 Å². The molecule has 2 nitrogen and oxygen atoms in total. The van der Waals surface area contributed by atoms with Gasteiger partial charge in [-0.25, -0.2) is 0 Å². The highest BCUT2D eigenvalue weighted by Gasteiger charge is 2.43. The summed E-state index contributed by atoms with van der Waals surface area (Å²) in [7, 11) is 0. The molecular formula is C10H16O2. The zero-order valence-corrected chi connectivity index (χ0v) is 7.64. The molecule has 0 aliphatic carbocycles. The van der Waals surface area contributed by atoms with Crippen molar-refractivity contribution in [2.45, 2.75) is 25.4 Å². The summed E-state index contributed by atoms with van der Waals surface area (Å²) in [5.41, 5.74) is 1.31. The third-order valence-corrected chi connectivity index (χ3v) is 2.97. The zero-order valence-electron chi connectivity index (χ0n) is 7.64. The first-order chi connectivity index (χ1) is 5.72. The molecule has 0 N–H and O–H groups in total. The zero-order chi connectivity index (χ0) is 8.60.